The topological polar surface area (TPSA) is 56.3 Å². The summed E-state index contributed by atoms with van der Waals surface area (Å²) in [6.45, 7) is 8.57. The molecular formula is C17H25N3O2S2. The Bertz CT molecular complexity index is 719. The maximum Gasteiger partial charge on any atom is 0.190 e. The largest absolute Gasteiger partial charge is 0.383 e. The van der Waals surface area contributed by atoms with E-state index in [2.05, 4.69) is 26.1 Å². The molecule has 0 unspecified atom stereocenters. The molecule has 0 amide bonds. The van der Waals surface area contributed by atoms with E-state index in [-0.39, 0.29) is 5.60 Å². The predicted octanol–water partition coefficient (Wildman–Crippen LogP) is 4.10. The lowest BCUT2D eigenvalue weighted by atomic mass is 9.90. The summed E-state index contributed by atoms with van der Waals surface area (Å²) in [4.78, 5) is 11.9. The summed E-state index contributed by atoms with van der Waals surface area (Å²) in [5.74, 6) is 1.90. The molecule has 5 nitrogen and oxygen atoms in total. The zero-order valence-electron chi connectivity index (χ0n) is 14.8. The van der Waals surface area contributed by atoms with Crippen LogP contribution in [-0.4, -0.2) is 41.6 Å². The predicted molar refractivity (Wildman–Crippen MR) is 101 cm³/mol. The van der Waals surface area contributed by atoms with Crippen molar-refractivity contribution in [2.45, 2.75) is 51.0 Å². The van der Waals surface area contributed by atoms with E-state index in [0.29, 0.717) is 13.2 Å². The number of hydrogen-bond donors (Lipinski definition) is 1. The molecule has 3 heterocycles. The van der Waals surface area contributed by atoms with Crippen molar-refractivity contribution in [2.24, 2.45) is 0 Å². The fourth-order valence-electron chi connectivity index (χ4n) is 2.87. The lowest BCUT2D eigenvalue weighted by Gasteiger charge is -2.33. The number of hydrogen-bond acceptors (Lipinski definition) is 7. The molecule has 2 aromatic rings. The monoisotopic (exact) mass is 367 g/mol. The minimum atomic E-state index is -0.0956. The minimum Gasteiger partial charge on any atom is -0.383 e. The molecule has 1 aliphatic heterocycles. The van der Waals surface area contributed by atoms with Crippen LogP contribution in [0.25, 0.3) is 10.2 Å². The average molecular weight is 368 g/mol. The molecule has 24 heavy (non-hydrogen) atoms. The third kappa shape index (κ3) is 3.54. The Hall–Kier alpha value is -0.890. The van der Waals surface area contributed by atoms with Crippen LogP contribution in [0.5, 0.6) is 0 Å². The van der Waals surface area contributed by atoms with Gasteiger partial charge in [-0.1, -0.05) is 25.6 Å². The summed E-state index contributed by atoms with van der Waals surface area (Å²) in [5, 5.41) is 5.46. The Balaban J connectivity index is 2.06. The molecule has 132 valence electrons. The van der Waals surface area contributed by atoms with Crippen LogP contribution in [0.1, 0.15) is 37.6 Å². The number of aromatic nitrogens is 2. The number of thiophene rings is 1. The first-order chi connectivity index (χ1) is 11.6. The number of fused-ring (bicyclic) bond motifs is 3. The first-order valence-corrected chi connectivity index (χ1v) is 10.2. The molecule has 7 heteroatoms. The maximum atomic E-state index is 6.10. The van der Waals surface area contributed by atoms with Gasteiger partial charge in [0.15, 0.2) is 5.16 Å². The van der Waals surface area contributed by atoms with Gasteiger partial charge >= 0.3 is 0 Å². The van der Waals surface area contributed by atoms with Crippen LogP contribution in [0.3, 0.4) is 0 Å². The Morgan fingerprint density at radius 1 is 1.38 bits per heavy atom. The zero-order chi connectivity index (χ0) is 17.2. The molecule has 0 aromatic carbocycles. The maximum absolute atomic E-state index is 6.10. The van der Waals surface area contributed by atoms with E-state index in [1.54, 1.807) is 30.2 Å². The fraction of sp³-hybridized carbons (Fsp3) is 0.647. The molecule has 0 fully saturated rings. The quantitative estimate of drug-likeness (QED) is 0.452. The number of nitrogens with one attached hydrogen (secondary N) is 1. The number of thioether (sulfide) groups is 1. The van der Waals surface area contributed by atoms with Gasteiger partial charge in [0.25, 0.3) is 0 Å². The van der Waals surface area contributed by atoms with Crippen LogP contribution in [-0.2, 0) is 22.5 Å². The molecule has 0 saturated heterocycles. The number of ether oxygens (including phenoxy) is 2. The van der Waals surface area contributed by atoms with Gasteiger partial charge in [0, 0.05) is 25.0 Å². The van der Waals surface area contributed by atoms with Crippen molar-refractivity contribution in [3.8, 4) is 0 Å². The molecule has 1 aliphatic rings. The van der Waals surface area contributed by atoms with Crippen LogP contribution in [0.4, 0.5) is 5.82 Å². The van der Waals surface area contributed by atoms with Crippen molar-refractivity contribution < 1.29 is 9.47 Å². The Labute approximate surface area is 151 Å². The van der Waals surface area contributed by atoms with Gasteiger partial charge < -0.3 is 14.8 Å². The molecule has 2 aromatic heterocycles. The Kier molecular flexibility index (Phi) is 5.64. The number of nitrogens with zero attached hydrogens (tertiary/aromatic N) is 2. The van der Waals surface area contributed by atoms with Crippen LogP contribution in [0.15, 0.2) is 5.16 Å². The van der Waals surface area contributed by atoms with Crippen molar-refractivity contribution in [2.75, 3.05) is 31.3 Å². The molecule has 0 bridgehead atoms. The number of methoxy groups -OCH3 is 1. The lowest BCUT2D eigenvalue weighted by molar-refractivity contribution is -0.0542. The normalized spacial score (nSPS) is 20.3. The Morgan fingerprint density at radius 2 is 2.21 bits per heavy atom. The molecule has 1 atom stereocenters. The number of rotatable bonds is 7. The first-order valence-electron chi connectivity index (χ1n) is 8.42. The highest BCUT2D eigenvalue weighted by molar-refractivity contribution is 7.99. The fourth-order valence-corrected chi connectivity index (χ4v) is 4.60. The molecule has 3 rings (SSSR count). The van der Waals surface area contributed by atoms with Gasteiger partial charge in [0.1, 0.15) is 10.6 Å². The van der Waals surface area contributed by atoms with Gasteiger partial charge in [-0.05, 0) is 24.7 Å². The summed E-state index contributed by atoms with van der Waals surface area (Å²) in [5.41, 5.74) is 1.26. The van der Waals surface area contributed by atoms with Crippen LogP contribution >= 0.6 is 23.1 Å². The van der Waals surface area contributed by atoms with Crippen molar-refractivity contribution in [3.63, 3.8) is 0 Å². The van der Waals surface area contributed by atoms with E-state index < -0.39 is 0 Å². The van der Waals surface area contributed by atoms with Crippen molar-refractivity contribution in [1.29, 1.82) is 0 Å². The van der Waals surface area contributed by atoms with Crippen LogP contribution in [0, 0.1) is 0 Å². The molecule has 1 N–H and O–H groups in total. The minimum absolute atomic E-state index is 0.0956. The second-order valence-corrected chi connectivity index (χ2v) is 8.48. The highest BCUT2D eigenvalue weighted by Crippen LogP contribution is 2.42. The van der Waals surface area contributed by atoms with Crippen molar-refractivity contribution in [1.82, 2.24) is 9.97 Å². The van der Waals surface area contributed by atoms with E-state index in [0.717, 1.165) is 40.9 Å². The summed E-state index contributed by atoms with van der Waals surface area (Å²) in [6, 6.07) is 0. The zero-order valence-corrected chi connectivity index (χ0v) is 16.4. The third-order valence-corrected chi connectivity index (χ3v) is 6.26. The van der Waals surface area contributed by atoms with Gasteiger partial charge in [-0.15, -0.1) is 11.3 Å². The first kappa shape index (κ1) is 17.9. The van der Waals surface area contributed by atoms with E-state index in [1.807, 2.05) is 0 Å². The smallest absolute Gasteiger partial charge is 0.190 e. The summed E-state index contributed by atoms with van der Waals surface area (Å²) in [7, 11) is 1.71. The van der Waals surface area contributed by atoms with Gasteiger partial charge in [-0.2, -0.15) is 0 Å². The lowest BCUT2D eigenvalue weighted by Crippen LogP contribution is -2.34. The van der Waals surface area contributed by atoms with Gasteiger partial charge in [0.2, 0.25) is 0 Å². The summed E-state index contributed by atoms with van der Waals surface area (Å²) < 4.78 is 11.3. The highest BCUT2D eigenvalue weighted by Gasteiger charge is 2.33. The number of anilines is 1. The summed E-state index contributed by atoms with van der Waals surface area (Å²) in [6.07, 6.45) is 1.92. The van der Waals surface area contributed by atoms with Gasteiger partial charge in [-0.3, -0.25) is 0 Å². The van der Waals surface area contributed by atoms with Crippen LogP contribution < -0.4 is 5.32 Å². The second kappa shape index (κ2) is 7.56. The molecule has 0 radical (unpaired) electrons. The average Bonchev–Trinajstić information content (AvgIpc) is 2.93. The third-order valence-electron chi connectivity index (χ3n) is 4.44. The SMILES string of the molecule is CCSc1nc(NCCOC)c2c3c(sc2n1)CO[C@@](C)(CC)C3. The van der Waals surface area contributed by atoms with E-state index in [1.165, 1.54) is 15.8 Å². The van der Waals surface area contributed by atoms with Crippen LogP contribution in [0.2, 0.25) is 0 Å². The molecule has 0 spiro atoms. The molecular weight excluding hydrogens is 342 g/mol. The van der Waals surface area contributed by atoms with Gasteiger partial charge in [-0.25, -0.2) is 9.97 Å². The molecule has 0 aliphatic carbocycles. The van der Waals surface area contributed by atoms with Crippen molar-refractivity contribution in [3.05, 3.63) is 10.4 Å². The van der Waals surface area contributed by atoms with Gasteiger partial charge in [0.05, 0.1) is 24.2 Å². The molecule has 0 saturated carbocycles. The highest BCUT2D eigenvalue weighted by atomic mass is 32.2. The summed E-state index contributed by atoms with van der Waals surface area (Å²) >= 11 is 3.42. The van der Waals surface area contributed by atoms with Crippen molar-refractivity contribution >= 4 is 39.1 Å². The standard InChI is InChI=1S/C17H25N3O2S2/c1-5-17(3)9-11-12(10-22-17)24-15-13(11)14(18-7-8-21-4)19-16(20-15)23-6-2/h5-10H2,1-4H3,(H,18,19,20)/t17-/m0/s1. The Morgan fingerprint density at radius 3 is 2.92 bits per heavy atom. The van der Waals surface area contributed by atoms with E-state index >= 15 is 0 Å². The van der Waals surface area contributed by atoms with E-state index in [9.17, 15) is 0 Å². The second-order valence-electron chi connectivity index (χ2n) is 6.16. The van der Waals surface area contributed by atoms with E-state index in [4.69, 9.17) is 19.4 Å².